The summed E-state index contributed by atoms with van der Waals surface area (Å²) in [7, 11) is 2.08. The number of hydrogen-bond donors (Lipinski definition) is 0. The van der Waals surface area contributed by atoms with Crippen LogP contribution in [0.5, 0.6) is 0 Å². The summed E-state index contributed by atoms with van der Waals surface area (Å²) in [5, 5.41) is -0.348. The molecule has 80 valence electrons. The third kappa shape index (κ3) is 1.05. The molecule has 2 bridgehead atoms. The van der Waals surface area contributed by atoms with E-state index in [1.807, 2.05) is 0 Å². The predicted octanol–water partition coefficient (Wildman–Crippen LogP) is 1.51. The number of rotatable bonds is 1. The first-order valence-electron chi connectivity index (χ1n) is 5.10. The molecule has 1 spiro atoms. The number of ether oxygens (including phenoxy) is 1. The maximum atomic E-state index is 11.4. The number of hydrogen-bond acceptors (Lipinski definition) is 3. The minimum Gasteiger partial charge on any atom is -0.374 e. The maximum absolute atomic E-state index is 11.4. The van der Waals surface area contributed by atoms with E-state index in [9.17, 15) is 8.42 Å². The van der Waals surface area contributed by atoms with Gasteiger partial charge in [-0.1, -0.05) is 0 Å². The second-order valence-corrected chi connectivity index (χ2v) is 7.62. The molecule has 2 heterocycles. The lowest BCUT2D eigenvalue weighted by Gasteiger charge is -2.51. The van der Waals surface area contributed by atoms with E-state index < -0.39 is 9.05 Å². The molecule has 3 nitrogen and oxygen atoms in total. The van der Waals surface area contributed by atoms with Crippen molar-refractivity contribution in [1.82, 2.24) is 0 Å². The highest BCUT2D eigenvalue weighted by atomic mass is 35.7. The Hall–Kier alpha value is 0.200. The molecule has 4 fully saturated rings. The molecule has 4 rings (SSSR count). The molecule has 4 atom stereocenters. The fourth-order valence-electron chi connectivity index (χ4n) is 3.65. The van der Waals surface area contributed by atoms with Gasteiger partial charge in [0.1, 0.15) is 0 Å². The minimum absolute atomic E-state index is 0.102. The van der Waals surface area contributed by atoms with Crippen molar-refractivity contribution >= 4 is 19.7 Å². The third-order valence-electron chi connectivity index (χ3n) is 4.16. The molecule has 0 radical (unpaired) electrons. The lowest BCUT2D eigenvalue weighted by atomic mass is 9.58. The maximum Gasteiger partial charge on any atom is 0.235 e. The van der Waals surface area contributed by atoms with Gasteiger partial charge in [0.2, 0.25) is 9.05 Å². The summed E-state index contributed by atoms with van der Waals surface area (Å²) >= 11 is 0. The van der Waals surface area contributed by atoms with Crippen LogP contribution in [0, 0.1) is 11.8 Å². The van der Waals surface area contributed by atoms with E-state index >= 15 is 0 Å². The molecule has 2 saturated heterocycles. The van der Waals surface area contributed by atoms with Crippen LogP contribution in [-0.2, 0) is 13.8 Å². The van der Waals surface area contributed by atoms with E-state index in [0.29, 0.717) is 5.92 Å². The molecule has 0 aromatic heterocycles. The van der Waals surface area contributed by atoms with Crippen molar-refractivity contribution in [3.8, 4) is 0 Å². The van der Waals surface area contributed by atoms with Gasteiger partial charge in [0.25, 0.3) is 0 Å². The molecular formula is C9H13ClO3S. The van der Waals surface area contributed by atoms with Crippen LogP contribution in [-0.4, -0.2) is 25.9 Å². The van der Waals surface area contributed by atoms with E-state index in [4.69, 9.17) is 15.4 Å². The quantitative estimate of drug-likeness (QED) is 0.649. The van der Waals surface area contributed by atoms with Gasteiger partial charge in [0, 0.05) is 16.6 Å². The summed E-state index contributed by atoms with van der Waals surface area (Å²) in [6.45, 7) is 0.744. The summed E-state index contributed by atoms with van der Waals surface area (Å²) in [4.78, 5) is 0. The van der Waals surface area contributed by atoms with E-state index in [1.54, 1.807) is 0 Å². The normalized spacial score (nSPS) is 51.1. The largest absolute Gasteiger partial charge is 0.374 e. The fourth-order valence-corrected chi connectivity index (χ4v) is 5.52. The molecule has 4 aliphatic rings. The topological polar surface area (TPSA) is 43.4 Å². The Balaban J connectivity index is 1.95. The lowest BCUT2D eigenvalue weighted by Crippen LogP contribution is -2.57. The Morgan fingerprint density at radius 2 is 2.21 bits per heavy atom. The van der Waals surface area contributed by atoms with Crippen LogP contribution in [0.3, 0.4) is 0 Å². The molecular weight excluding hydrogens is 224 g/mol. The van der Waals surface area contributed by atoms with Crippen molar-refractivity contribution in [2.45, 2.75) is 36.5 Å². The molecule has 2 saturated carbocycles. The van der Waals surface area contributed by atoms with Crippen molar-refractivity contribution in [2.75, 3.05) is 6.61 Å². The summed E-state index contributed by atoms with van der Waals surface area (Å²) in [6, 6.07) is 0. The number of fused-ring (bicyclic) bond motifs is 1. The highest BCUT2D eigenvalue weighted by molar-refractivity contribution is 8.14. The zero-order valence-corrected chi connectivity index (χ0v) is 9.35. The van der Waals surface area contributed by atoms with E-state index in [0.717, 1.165) is 32.3 Å². The number of halogens is 1. The lowest BCUT2D eigenvalue weighted by molar-refractivity contribution is -0.0761. The molecule has 0 aromatic rings. The standard InChI is InChI=1S/C9H13ClO3S/c10-14(11,12)7-2-1-3-9-4-6(5-13-9)8(7)9/h6-8H,1-5H2. The smallest absolute Gasteiger partial charge is 0.235 e. The van der Waals surface area contributed by atoms with E-state index in [2.05, 4.69) is 0 Å². The molecule has 0 amide bonds. The van der Waals surface area contributed by atoms with Crippen molar-refractivity contribution < 1.29 is 13.2 Å². The van der Waals surface area contributed by atoms with Gasteiger partial charge in [-0.15, -0.1) is 0 Å². The van der Waals surface area contributed by atoms with Crippen LogP contribution in [0.4, 0.5) is 0 Å². The van der Waals surface area contributed by atoms with Gasteiger partial charge in [-0.25, -0.2) is 8.42 Å². The first kappa shape index (κ1) is 9.43. The van der Waals surface area contributed by atoms with Gasteiger partial charge in [-0.2, -0.15) is 0 Å². The van der Waals surface area contributed by atoms with Gasteiger partial charge >= 0.3 is 0 Å². The Bertz CT molecular complexity index is 362. The van der Waals surface area contributed by atoms with E-state index in [-0.39, 0.29) is 16.8 Å². The average Bonchev–Trinajstić information content (AvgIpc) is 2.58. The second-order valence-electron chi connectivity index (χ2n) is 4.77. The summed E-state index contributed by atoms with van der Waals surface area (Å²) in [5.41, 5.74) is -0.102. The molecule has 4 unspecified atom stereocenters. The molecule has 0 aromatic carbocycles. The summed E-state index contributed by atoms with van der Waals surface area (Å²) in [6.07, 6.45) is 3.73. The SMILES string of the molecule is O=S(=O)(Cl)C1CCCC23CC(CO2)C13. The molecule has 0 N–H and O–H groups in total. The van der Waals surface area contributed by atoms with Gasteiger partial charge in [0.15, 0.2) is 0 Å². The molecule has 2 aliphatic heterocycles. The van der Waals surface area contributed by atoms with Gasteiger partial charge in [-0.05, 0) is 31.6 Å². The van der Waals surface area contributed by atoms with Crippen LogP contribution < -0.4 is 0 Å². The van der Waals surface area contributed by atoms with Crippen LogP contribution in [0.1, 0.15) is 25.7 Å². The second kappa shape index (κ2) is 2.66. The van der Waals surface area contributed by atoms with Crippen LogP contribution in [0.15, 0.2) is 0 Å². The summed E-state index contributed by atoms with van der Waals surface area (Å²) in [5.74, 6) is 0.646. The Morgan fingerprint density at radius 1 is 1.43 bits per heavy atom. The Labute approximate surface area is 88.2 Å². The van der Waals surface area contributed by atoms with E-state index in [1.165, 1.54) is 0 Å². The first-order valence-corrected chi connectivity index (χ1v) is 7.48. The van der Waals surface area contributed by atoms with Crippen molar-refractivity contribution in [2.24, 2.45) is 11.8 Å². The van der Waals surface area contributed by atoms with Crippen molar-refractivity contribution in [3.63, 3.8) is 0 Å². The monoisotopic (exact) mass is 236 g/mol. The highest BCUT2D eigenvalue weighted by Crippen LogP contribution is 2.61. The van der Waals surface area contributed by atoms with Gasteiger partial charge < -0.3 is 4.74 Å². The van der Waals surface area contributed by atoms with Crippen LogP contribution >= 0.6 is 10.7 Å². The molecule has 2 aliphatic carbocycles. The zero-order valence-electron chi connectivity index (χ0n) is 7.78. The third-order valence-corrected chi connectivity index (χ3v) is 6.10. The zero-order chi connectivity index (χ0) is 9.97. The Morgan fingerprint density at radius 3 is 2.86 bits per heavy atom. The minimum atomic E-state index is -3.40. The summed E-state index contributed by atoms with van der Waals surface area (Å²) < 4.78 is 28.5. The van der Waals surface area contributed by atoms with Gasteiger partial charge in [0.05, 0.1) is 17.5 Å². The Kier molecular flexibility index (Phi) is 1.79. The molecule has 5 heteroatoms. The van der Waals surface area contributed by atoms with Crippen molar-refractivity contribution in [3.05, 3.63) is 0 Å². The van der Waals surface area contributed by atoms with Crippen LogP contribution in [0.25, 0.3) is 0 Å². The van der Waals surface area contributed by atoms with Crippen LogP contribution in [0.2, 0.25) is 0 Å². The highest BCUT2D eigenvalue weighted by Gasteiger charge is 2.66. The first-order chi connectivity index (χ1) is 6.53. The van der Waals surface area contributed by atoms with Gasteiger partial charge in [-0.3, -0.25) is 0 Å². The predicted molar refractivity (Wildman–Crippen MR) is 52.7 cm³/mol. The molecule has 14 heavy (non-hydrogen) atoms. The fraction of sp³-hybridized carbons (Fsp3) is 1.00. The van der Waals surface area contributed by atoms with Crippen molar-refractivity contribution in [1.29, 1.82) is 0 Å². The average molecular weight is 237 g/mol.